The Labute approximate surface area is 161 Å². The van der Waals surface area contributed by atoms with E-state index in [0.717, 1.165) is 28.3 Å². The minimum absolute atomic E-state index is 0.180. The molecule has 1 aromatic carbocycles. The molecule has 0 unspecified atom stereocenters. The molecule has 5 rings (SSSR count). The molecule has 4 heterocycles. The van der Waals surface area contributed by atoms with E-state index in [-0.39, 0.29) is 11.7 Å². The largest absolute Gasteiger partial charge is 0.331 e. The van der Waals surface area contributed by atoms with Crippen LogP contribution in [0.4, 0.5) is 0 Å². The van der Waals surface area contributed by atoms with Crippen molar-refractivity contribution in [1.29, 1.82) is 0 Å². The summed E-state index contributed by atoms with van der Waals surface area (Å²) in [4.78, 5) is 23.5. The minimum atomic E-state index is -0.180. The van der Waals surface area contributed by atoms with Crippen LogP contribution in [0.15, 0.2) is 42.6 Å². The molecule has 0 N–H and O–H groups in total. The first-order valence-corrected chi connectivity index (χ1v) is 9.21. The molecule has 8 nitrogen and oxygen atoms in total. The Balaban J connectivity index is 1.42. The van der Waals surface area contributed by atoms with Crippen LogP contribution >= 0.6 is 0 Å². The number of amides is 1. The molecule has 140 valence electrons. The molecule has 8 heteroatoms. The van der Waals surface area contributed by atoms with Gasteiger partial charge in [-0.2, -0.15) is 10.1 Å². The molecule has 0 saturated heterocycles. The monoisotopic (exact) mass is 373 g/mol. The molecule has 0 radical (unpaired) electrons. The van der Waals surface area contributed by atoms with Gasteiger partial charge in [0.2, 0.25) is 5.82 Å². The molecule has 4 aromatic rings. The van der Waals surface area contributed by atoms with Gasteiger partial charge in [0.05, 0.1) is 11.4 Å². The molecule has 0 saturated carbocycles. The fraction of sp³-hybridized carbons (Fsp3) is 0.250. The van der Waals surface area contributed by atoms with Crippen LogP contribution < -0.4 is 0 Å². The number of rotatable bonds is 2. The average Bonchev–Trinajstić information content (AvgIpc) is 3.31. The van der Waals surface area contributed by atoms with Gasteiger partial charge in [-0.1, -0.05) is 18.2 Å². The lowest BCUT2D eigenvalue weighted by atomic mass is 10.1. The number of carbonyl (C=O) groups excluding carboxylic acids is 1. The van der Waals surface area contributed by atoms with Gasteiger partial charge in [-0.15, -0.1) is 5.10 Å². The Morgan fingerprint density at radius 2 is 1.89 bits per heavy atom. The van der Waals surface area contributed by atoms with Gasteiger partial charge in [0.1, 0.15) is 0 Å². The Morgan fingerprint density at radius 3 is 2.71 bits per heavy atom. The number of aromatic nitrogens is 6. The van der Waals surface area contributed by atoms with Crippen molar-refractivity contribution >= 4 is 11.7 Å². The molecule has 1 amide bonds. The maximum Gasteiger partial charge on any atom is 0.293 e. The zero-order valence-corrected chi connectivity index (χ0v) is 15.7. The van der Waals surface area contributed by atoms with Gasteiger partial charge in [0.15, 0.2) is 0 Å². The highest BCUT2D eigenvalue weighted by molar-refractivity contribution is 5.91. The van der Waals surface area contributed by atoms with Crippen molar-refractivity contribution in [2.75, 3.05) is 6.54 Å². The van der Waals surface area contributed by atoms with Crippen LogP contribution in [0, 0.1) is 13.8 Å². The number of aryl methyl sites for hydroxylation is 2. The standard InChI is InChI=1S/C20H19N7O/c1-13-10-14(2)27-20(21-13)22-18(24-27)19(28)25-9-8-17-15(11-25)12-26(23-17)16-6-4-3-5-7-16/h3-7,10,12H,8-9,11H2,1-2H3. The third-order valence-corrected chi connectivity index (χ3v) is 4.97. The van der Waals surface area contributed by atoms with E-state index in [4.69, 9.17) is 0 Å². The third-order valence-electron chi connectivity index (χ3n) is 4.97. The van der Waals surface area contributed by atoms with Gasteiger partial charge in [0.25, 0.3) is 11.7 Å². The summed E-state index contributed by atoms with van der Waals surface area (Å²) in [6.45, 7) is 4.93. The third kappa shape index (κ3) is 2.74. The Kier molecular flexibility index (Phi) is 3.71. The van der Waals surface area contributed by atoms with Crippen LogP contribution in [-0.2, 0) is 13.0 Å². The normalized spacial score (nSPS) is 13.7. The quantitative estimate of drug-likeness (QED) is 0.538. The SMILES string of the molecule is Cc1cc(C)n2nc(C(=O)N3CCc4nn(-c5ccccc5)cc4C3)nc2n1. The highest BCUT2D eigenvalue weighted by Crippen LogP contribution is 2.21. The Bertz CT molecular complexity index is 1190. The lowest BCUT2D eigenvalue weighted by Crippen LogP contribution is -2.36. The summed E-state index contributed by atoms with van der Waals surface area (Å²) in [7, 11) is 0. The zero-order chi connectivity index (χ0) is 19.3. The minimum Gasteiger partial charge on any atom is -0.331 e. The van der Waals surface area contributed by atoms with Crippen molar-refractivity contribution in [3.8, 4) is 5.69 Å². The molecule has 3 aromatic heterocycles. The van der Waals surface area contributed by atoms with E-state index in [2.05, 4.69) is 20.2 Å². The summed E-state index contributed by atoms with van der Waals surface area (Å²) in [5, 5.41) is 9.05. The van der Waals surface area contributed by atoms with E-state index in [0.29, 0.717) is 25.3 Å². The Morgan fingerprint density at radius 1 is 1.07 bits per heavy atom. The number of nitrogens with zero attached hydrogens (tertiary/aromatic N) is 7. The molecule has 1 aliphatic rings. The number of para-hydroxylation sites is 1. The molecule has 0 spiro atoms. The second-order valence-corrected chi connectivity index (χ2v) is 7.04. The number of hydrogen-bond donors (Lipinski definition) is 0. The molecule has 28 heavy (non-hydrogen) atoms. The van der Waals surface area contributed by atoms with Crippen molar-refractivity contribution in [2.24, 2.45) is 0 Å². The lowest BCUT2D eigenvalue weighted by molar-refractivity contribution is 0.0722. The Hall–Kier alpha value is -3.55. The van der Waals surface area contributed by atoms with Gasteiger partial charge < -0.3 is 4.90 Å². The maximum absolute atomic E-state index is 13.0. The first-order valence-electron chi connectivity index (χ1n) is 9.21. The molecule has 0 fully saturated rings. The molecule has 1 aliphatic heterocycles. The first kappa shape index (κ1) is 16.6. The predicted molar refractivity (Wildman–Crippen MR) is 102 cm³/mol. The molecule has 0 bridgehead atoms. The average molecular weight is 373 g/mol. The fourth-order valence-corrected chi connectivity index (χ4v) is 3.60. The van der Waals surface area contributed by atoms with Crippen LogP contribution in [-0.4, -0.2) is 46.7 Å². The van der Waals surface area contributed by atoms with Crippen LogP contribution in [0.2, 0.25) is 0 Å². The van der Waals surface area contributed by atoms with Crippen LogP contribution in [0.3, 0.4) is 0 Å². The highest BCUT2D eigenvalue weighted by Gasteiger charge is 2.27. The van der Waals surface area contributed by atoms with E-state index >= 15 is 0 Å². The van der Waals surface area contributed by atoms with Crippen LogP contribution in [0.1, 0.15) is 33.3 Å². The van der Waals surface area contributed by atoms with E-state index in [1.54, 1.807) is 9.42 Å². The van der Waals surface area contributed by atoms with Crippen molar-refractivity contribution in [2.45, 2.75) is 26.8 Å². The molecular formula is C20H19N7O. The second kappa shape index (κ2) is 6.26. The highest BCUT2D eigenvalue weighted by atomic mass is 16.2. The summed E-state index contributed by atoms with van der Waals surface area (Å²) in [6.07, 6.45) is 2.71. The predicted octanol–water partition coefficient (Wildman–Crippen LogP) is 2.13. The van der Waals surface area contributed by atoms with E-state index < -0.39 is 0 Å². The fourth-order valence-electron chi connectivity index (χ4n) is 3.60. The zero-order valence-electron chi connectivity index (χ0n) is 15.7. The molecular weight excluding hydrogens is 354 g/mol. The number of benzene rings is 1. The smallest absolute Gasteiger partial charge is 0.293 e. The number of fused-ring (bicyclic) bond motifs is 2. The lowest BCUT2D eigenvalue weighted by Gasteiger charge is -2.24. The van der Waals surface area contributed by atoms with Gasteiger partial charge in [-0.05, 0) is 32.0 Å². The summed E-state index contributed by atoms with van der Waals surface area (Å²) in [5.74, 6) is 0.455. The van der Waals surface area contributed by atoms with Gasteiger partial charge in [-0.25, -0.2) is 14.2 Å². The summed E-state index contributed by atoms with van der Waals surface area (Å²) in [6, 6.07) is 11.9. The first-order chi connectivity index (χ1) is 13.6. The van der Waals surface area contributed by atoms with E-state index in [1.165, 1.54) is 0 Å². The number of carbonyl (C=O) groups is 1. The number of hydrogen-bond acceptors (Lipinski definition) is 5. The summed E-state index contributed by atoms with van der Waals surface area (Å²) in [5.41, 5.74) is 4.85. The second-order valence-electron chi connectivity index (χ2n) is 7.04. The molecule has 0 aliphatic carbocycles. The van der Waals surface area contributed by atoms with Crippen LogP contribution in [0.5, 0.6) is 0 Å². The van der Waals surface area contributed by atoms with Crippen molar-refractivity contribution < 1.29 is 4.79 Å². The topological polar surface area (TPSA) is 81.2 Å². The van der Waals surface area contributed by atoms with Crippen molar-refractivity contribution in [3.05, 3.63) is 71.1 Å². The van der Waals surface area contributed by atoms with Crippen molar-refractivity contribution in [1.82, 2.24) is 34.3 Å². The summed E-state index contributed by atoms with van der Waals surface area (Å²) < 4.78 is 3.49. The van der Waals surface area contributed by atoms with Crippen molar-refractivity contribution in [3.63, 3.8) is 0 Å². The van der Waals surface area contributed by atoms with Gasteiger partial charge in [0, 0.05) is 42.7 Å². The van der Waals surface area contributed by atoms with E-state index in [9.17, 15) is 4.79 Å². The summed E-state index contributed by atoms with van der Waals surface area (Å²) >= 11 is 0. The van der Waals surface area contributed by atoms with Gasteiger partial charge >= 0.3 is 0 Å². The van der Waals surface area contributed by atoms with E-state index in [1.807, 2.05) is 61.1 Å². The molecule has 0 atom stereocenters. The maximum atomic E-state index is 13.0. The van der Waals surface area contributed by atoms with Crippen LogP contribution in [0.25, 0.3) is 11.5 Å². The van der Waals surface area contributed by atoms with Gasteiger partial charge in [-0.3, -0.25) is 4.79 Å².